The second-order valence-electron chi connectivity index (χ2n) is 13.9. The van der Waals surface area contributed by atoms with Gasteiger partial charge in [0.15, 0.2) is 11.6 Å². The summed E-state index contributed by atoms with van der Waals surface area (Å²) in [5, 5.41) is 12.0. The first-order valence-corrected chi connectivity index (χ1v) is 18.1. The smallest absolute Gasteiger partial charge is 0.164 e. The van der Waals surface area contributed by atoms with Crippen molar-refractivity contribution in [2.24, 2.45) is 0 Å². The van der Waals surface area contributed by atoms with Crippen LogP contribution >= 0.6 is 0 Å². The number of benzene rings is 8. The zero-order valence-electron chi connectivity index (χ0n) is 28.7. The Bertz CT molecular complexity index is 3130. The van der Waals surface area contributed by atoms with Crippen LogP contribution in [0.15, 0.2) is 174 Å². The van der Waals surface area contributed by atoms with E-state index in [0.29, 0.717) is 11.6 Å². The molecule has 0 bridgehead atoms. The molecule has 10 aromatic rings. The molecular weight excluding hydrogens is 647 g/mol. The third-order valence-corrected chi connectivity index (χ3v) is 10.8. The van der Waals surface area contributed by atoms with Gasteiger partial charge in [-0.25, -0.2) is 15.0 Å². The largest absolute Gasteiger partial charge is 0.456 e. The second-order valence-corrected chi connectivity index (χ2v) is 13.9. The molecule has 0 amide bonds. The van der Waals surface area contributed by atoms with E-state index >= 15 is 0 Å². The van der Waals surface area contributed by atoms with Gasteiger partial charge in [-0.05, 0) is 91.0 Å². The number of allylic oxidation sites excluding steroid dienone is 4. The molecular formula is C49H31N3O. The Morgan fingerprint density at radius 2 is 1.11 bits per heavy atom. The van der Waals surface area contributed by atoms with Crippen LogP contribution in [-0.4, -0.2) is 15.0 Å². The molecule has 0 N–H and O–H groups in total. The summed E-state index contributed by atoms with van der Waals surface area (Å²) < 4.78 is 6.61. The molecule has 8 aromatic carbocycles. The van der Waals surface area contributed by atoms with Crippen molar-refractivity contribution < 1.29 is 4.42 Å². The highest BCUT2D eigenvalue weighted by atomic mass is 16.3. The average molecular weight is 678 g/mol. The molecule has 0 radical (unpaired) electrons. The van der Waals surface area contributed by atoms with E-state index in [2.05, 4.69) is 158 Å². The molecule has 11 rings (SSSR count). The number of hydrogen-bond donors (Lipinski definition) is 0. The summed E-state index contributed by atoms with van der Waals surface area (Å²) in [5.41, 5.74) is 5.79. The summed E-state index contributed by atoms with van der Waals surface area (Å²) in [6.45, 7) is 0. The fourth-order valence-corrected chi connectivity index (χ4v) is 8.19. The van der Waals surface area contributed by atoms with Gasteiger partial charge in [0.2, 0.25) is 0 Å². The van der Waals surface area contributed by atoms with E-state index in [0.717, 1.165) is 61.8 Å². The van der Waals surface area contributed by atoms with Crippen LogP contribution in [0.25, 0.3) is 98.9 Å². The average Bonchev–Trinajstić information content (AvgIpc) is 3.62. The van der Waals surface area contributed by atoms with Gasteiger partial charge in [0.25, 0.3) is 0 Å². The highest BCUT2D eigenvalue weighted by molar-refractivity contribution is 6.25. The van der Waals surface area contributed by atoms with Crippen LogP contribution in [0.3, 0.4) is 0 Å². The molecule has 1 unspecified atom stereocenters. The lowest BCUT2D eigenvalue weighted by Gasteiger charge is -2.15. The first kappa shape index (κ1) is 29.8. The number of nitrogens with zero attached hydrogens (tertiary/aromatic N) is 3. The fraction of sp³-hybridized carbons (Fsp3) is 0.0408. The van der Waals surface area contributed by atoms with Gasteiger partial charge in [0.1, 0.15) is 17.0 Å². The molecule has 2 aromatic heterocycles. The van der Waals surface area contributed by atoms with Gasteiger partial charge in [0, 0.05) is 27.8 Å². The molecule has 0 saturated heterocycles. The van der Waals surface area contributed by atoms with Gasteiger partial charge in [-0.15, -0.1) is 0 Å². The van der Waals surface area contributed by atoms with Crippen LogP contribution in [0.5, 0.6) is 0 Å². The molecule has 0 spiro atoms. The molecule has 2 heterocycles. The minimum absolute atomic E-state index is 0.0703. The zero-order chi connectivity index (χ0) is 34.9. The number of aromatic nitrogens is 3. The van der Waals surface area contributed by atoms with Crippen LogP contribution in [0, 0.1) is 0 Å². The van der Waals surface area contributed by atoms with Crippen LogP contribution < -0.4 is 0 Å². The van der Waals surface area contributed by atoms with E-state index in [1.54, 1.807) is 0 Å². The Morgan fingerprint density at radius 3 is 1.89 bits per heavy atom. The predicted octanol–water partition coefficient (Wildman–Crippen LogP) is 13.0. The molecule has 0 saturated carbocycles. The quantitative estimate of drug-likeness (QED) is 0.174. The SMILES string of the molecule is C1=CCC(c2nc(-c3ccc4ccccc4c3)nc(-c3cccc4oc5cc(-c6ccc7c8ccccc8c8ccccc8c7c6)ccc5c34)n2)C=C1. The Balaban J connectivity index is 1.07. The highest BCUT2D eigenvalue weighted by Gasteiger charge is 2.21. The van der Waals surface area contributed by atoms with Crippen molar-refractivity contribution in [3.05, 3.63) is 176 Å². The monoisotopic (exact) mass is 677 g/mol. The molecule has 1 aliphatic carbocycles. The molecule has 0 fully saturated rings. The van der Waals surface area contributed by atoms with E-state index in [-0.39, 0.29) is 5.92 Å². The molecule has 1 atom stereocenters. The van der Waals surface area contributed by atoms with Crippen molar-refractivity contribution >= 4 is 65.0 Å². The summed E-state index contributed by atoms with van der Waals surface area (Å²) in [4.78, 5) is 15.4. The van der Waals surface area contributed by atoms with Gasteiger partial charge in [-0.2, -0.15) is 0 Å². The van der Waals surface area contributed by atoms with Crippen molar-refractivity contribution in [2.45, 2.75) is 12.3 Å². The van der Waals surface area contributed by atoms with Gasteiger partial charge >= 0.3 is 0 Å². The second kappa shape index (κ2) is 11.8. The molecule has 0 aliphatic heterocycles. The molecule has 4 nitrogen and oxygen atoms in total. The maximum atomic E-state index is 6.61. The maximum absolute atomic E-state index is 6.61. The summed E-state index contributed by atoms with van der Waals surface area (Å²) in [7, 11) is 0. The number of rotatable bonds is 4. The van der Waals surface area contributed by atoms with E-state index in [1.165, 1.54) is 37.7 Å². The fourth-order valence-electron chi connectivity index (χ4n) is 8.19. The van der Waals surface area contributed by atoms with Crippen LogP contribution in [0.1, 0.15) is 18.2 Å². The van der Waals surface area contributed by atoms with Crippen LogP contribution in [-0.2, 0) is 0 Å². The molecule has 1 aliphatic rings. The first-order chi connectivity index (χ1) is 26.2. The molecule has 248 valence electrons. The topological polar surface area (TPSA) is 51.8 Å². The van der Waals surface area contributed by atoms with Crippen LogP contribution in [0.4, 0.5) is 0 Å². The third-order valence-electron chi connectivity index (χ3n) is 10.8. The minimum Gasteiger partial charge on any atom is -0.456 e. The number of fused-ring (bicyclic) bond motifs is 10. The van der Waals surface area contributed by atoms with Crippen molar-refractivity contribution in [3.63, 3.8) is 0 Å². The summed E-state index contributed by atoms with van der Waals surface area (Å²) in [5.74, 6) is 2.15. The van der Waals surface area contributed by atoms with Gasteiger partial charge < -0.3 is 4.42 Å². The lowest BCUT2D eigenvalue weighted by Crippen LogP contribution is -2.08. The number of hydrogen-bond acceptors (Lipinski definition) is 4. The van der Waals surface area contributed by atoms with Crippen molar-refractivity contribution in [3.8, 4) is 33.9 Å². The van der Waals surface area contributed by atoms with E-state index in [1.807, 2.05) is 12.1 Å². The summed E-state index contributed by atoms with van der Waals surface area (Å²) in [6.07, 6.45) is 9.36. The van der Waals surface area contributed by atoms with Crippen molar-refractivity contribution in [2.75, 3.05) is 0 Å². The summed E-state index contributed by atoms with van der Waals surface area (Å²) in [6, 6.07) is 51.8. The predicted molar refractivity (Wildman–Crippen MR) is 219 cm³/mol. The van der Waals surface area contributed by atoms with Crippen molar-refractivity contribution in [1.82, 2.24) is 15.0 Å². The standard InChI is InChI=1S/C49H31N3O/c1-2-12-31(13-3-1)47-50-48(35-22-21-30-11-4-5-14-32(30)27-35)52-49(51-47)42-19-10-20-44-46(42)41-26-24-34(29-45(41)53-44)33-23-25-40-38-17-7-6-15-36(38)37-16-8-9-18-39(37)43(40)28-33/h1-12,14-29,31H,13H2. The highest BCUT2D eigenvalue weighted by Crippen LogP contribution is 2.41. The molecule has 53 heavy (non-hydrogen) atoms. The van der Waals surface area contributed by atoms with E-state index < -0.39 is 0 Å². The Morgan fingerprint density at radius 1 is 0.453 bits per heavy atom. The van der Waals surface area contributed by atoms with Gasteiger partial charge in [-0.1, -0.05) is 140 Å². The first-order valence-electron chi connectivity index (χ1n) is 18.1. The van der Waals surface area contributed by atoms with E-state index in [9.17, 15) is 0 Å². The van der Waals surface area contributed by atoms with Crippen molar-refractivity contribution in [1.29, 1.82) is 0 Å². The lowest BCUT2D eigenvalue weighted by molar-refractivity contribution is 0.669. The maximum Gasteiger partial charge on any atom is 0.164 e. The van der Waals surface area contributed by atoms with E-state index in [4.69, 9.17) is 19.4 Å². The van der Waals surface area contributed by atoms with Gasteiger partial charge in [0.05, 0.1) is 0 Å². The Hall–Kier alpha value is -6.91. The van der Waals surface area contributed by atoms with Crippen LogP contribution in [0.2, 0.25) is 0 Å². The third kappa shape index (κ3) is 4.87. The molecule has 4 heteroatoms. The number of furan rings is 1. The Kier molecular flexibility index (Phi) is 6.65. The van der Waals surface area contributed by atoms with Gasteiger partial charge in [-0.3, -0.25) is 0 Å². The lowest BCUT2D eigenvalue weighted by atomic mass is 9.92. The normalized spacial score (nSPS) is 14.4. The Labute approximate surface area is 305 Å². The summed E-state index contributed by atoms with van der Waals surface area (Å²) >= 11 is 0. The zero-order valence-corrected chi connectivity index (χ0v) is 28.7. The minimum atomic E-state index is 0.0703.